The third kappa shape index (κ3) is 3.21. The van der Waals surface area contributed by atoms with Crippen LogP contribution in [-0.4, -0.2) is 16.2 Å². The number of thioether (sulfide) groups is 1. The van der Waals surface area contributed by atoms with Gasteiger partial charge in [-0.15, -0.1) is 0 Å². The number of aromatic nitrogens is 2. The van der Waals surface area contributed by atoms with Crippen molar-refractivity contribution in [1.82, 2.24) is 9.97 Å². The third-order valence-corrected chi connectivity index (χ3v) is 4.31. The van der Waals surface area contributed by atoms with E-state index in [2.05, 4.69) is 9.97 Å². The molecule has 1 heterocycles. The third-order valence-electron chi connectivity index (χ3n) is 3.50. The maximum Gasteiger partial charge on any atom is 0.270 e. The summed E-state index contributed by atoms with van der Waals surface area (Å²) >= 11 is 7.38. The minimum atomic E-state index is -0.431. The summed E-state index contributed by atoms with van der Waals surface area (Å²) in [5.74, 6) is 0. The molecule has 1 aromatic heterocycles. The maximum atomic E-state index is 12.1. The molecule has 1 N–H and O–H groups in total. The van der Waals surface area contributed by atoms with E-state index in [1.165, 1.54) is 11.8 Å². The Labute approximate surface area is 148 Å². The van der Waals surface area contributed by atoms with Gasteiger partial charge in [0, 0.05) is 10.6 Å². The Morgan fingerprint density at radius 1 is 1.12 bits per heavy atom. The van der Waals surface area contributed by atoms with Crippen LogP contribution in [0.2, 0.25) is 5.02 Å². The SMILES string of the molecule is CSc1nc(-c2cccc(-c3cccc(Cl)c3)c2)c(C#N)c(=O)[nH]1. The number of hydrogen-bond donors (Lipinski definition) is 1. The van der Waals surface area contributed by atoms with E-state index in [1.807, 2.05) is 60.9 Å². The van der Waals surface area contributed by atoms with Crippen LogP contribution < -0.4 is 5.56 Å². The molecule has 0 amide bonds. The molecule has 0 unspecified atom stereocenters. The Hall–Kier alpha value is -2.55. The summed E-state index contributed by atoms with van der Waals surface area (Å²) in [7, 11) is 0. The van der Waals surface area contributed by atoms with Crippen molar-refractivity contribution in [3.05, 3.63) is 69.5 Å². The van der Waals surface area contributed by atoms with E-state index < -0.39 is 5.56 Å². The zero-order valence-corrected chi connectivity index (χ0v) is 14.3. The fourth-order valence-corrected chi connectivity index (χ4v) is 2.94. The lowest BCUT2D eigenvalue weighted by molar-refractivity contribution is 0.938. The van der Waals surface area contributed by atoms with Gasteiger partial charge in [-0.25, -0.2) is 4.98 Å². The number of nitrogens with one attached hydrogen (secondary N) is 1. The molecule has 0 aliphatic carbocycles. The smallest absolute Gasteiger partial charge is 0.270 e. The second-order valence-electron chi connectivity index (χ2n) is 5.00. The lowest BCUT2D eigenvalue weighted by Crippen LogP contribution is -2.14. The molecule has 0 saturated carbocycles. The van der Waals surface area contributed by atoms with Crippen LogP contribution in [0.15, 0.2) is 58.5 Å². The normalized spacial score (nSPS) is 10.4. The van der Waals surface area contributed by atoms with Crippen LogP contribution in [0.5, 0.6) is 0 Å². The number of aromatic amines is 1. The van der Waals surface area contributed by atoms with Gasteiger partial charge in [-0.1, -0.05) is 53.7 Å². The highest BCUT2D eigenvalue weighted by Crippen LogP contribution is 2.28. The highest BCUT2D eigenvalue weighted by molar-refractivity contribution is 7.98. The minimum absolute atomic E-state index is 0.0102. The fourth-order valence-electron chi connectivity index (χ4n) is 2.38. The number of nitrogens with zero attached hydrogens (tertiary/aromatic N) is 2. The summed E-state index contributed by atoms with van der Waals surface area (Å²) in [5.41, 5.74) is 2.57. The van der Waals surface area contributed by atoms with Crippen molar-refractivity contribution in [1.29, 1.82) is 5.26 Å². The van der Waals surface area contributed by atoms with Crippen LogP contribution in [0, 0.1) is 11.3 Å². The van der Waals surface area contributed by atoms with Gasteiger partial charge in [0.2, 0.25) is 0 Å². The van der Waals surface area contributed by atoms with Crippen LogP contribution in [-0.2, 0) is 0 Å². The first-order valence-electron chi connectivity index (χ1n) is 7.07. The topological polar surface area (TPSA) is 69.5 Å². The summed E-state index contributed by atoms with van der Waals surface area (Å²) in [6, 6.07) is 17.0. The van der Waals surface area contributed by atoms with Crippen molar-refractivity contribution in [2.24, 2.45) is 0 Å². The van der Waals surface area contributed by atoms with Gasteiger partial charge >= 0.3 is 0 Å². The number of hydrogen-bond acceptors (Lipinski definition) is 4. The molecule has 4 nitrogen and oxygen atoms in total. The Morgan fingerprint density at radius 3 is 2.46 bits per heavy atom. The molecule has 3 rings (SSSR count). The maximum absolute atomic E-state index is 12.1. The average Bonchev–Trinajstić information content (AvgIpc) is 2.61. The van der Waals surface area contributed by atoms with Crippen LogP contribution in [0.4, 0.5) is 0 Å². The summed E-state index contributed by atoms with van der Waals surface area (Å²) in [5, 5.41) is 10.4. The van der Waals surface area contributed by atoms with E-state index in [9.17, 15) is 10.1 Å². The van der Waals surface area contributed by atoms with E-state index in [1.54, 1.807) is 0 Å². The van der Waals surface area contributed by atoms with Gasteiger partial charge < -0.3 is 4.98 Å². The molecular weight excluding hydrogens is 342 g/mol. The molecule has 0 aliphatic rings. The quantitative estimate of drug-likeness (QED) is 0.561. The largest absolute Gasteiger partial charge is 0.300 e. The highest BCUT2D eigenvalue weighted by atomic mass is 35.5. The second-order valence-corrected chi connectivity index (χ2v) is 6.23. The van der Waals surface area contributed by atoms with Crippen molar-refractivity contribution in [2.45, 2.75) is 5.16 Å². The molecule has 0 saturated heterocycles. The first-order chi connectivity index (χ1) is 11.6. The minimum Gasteiger partial charge on any atom is -0.300 e. The molecule has 0 fully saturated rings. The molecule has 0 spiro atoms. The van der Waals surface area contributed by atoms with Crippen molar-refractivity contribution < 1.29 is 0 Å². The monoisotopic (exact) mass is 353 g/mol. The van der Waals surface area contributed by atoms with Crippen molar-refractivity contribution >= 4 is 23.4 Å². The van der Waals surface area contributed by atoms with E-state index in [4.69, 9.17) is 11.6 Å². The number of benzene rings is 2. The zero-order valence-electron chi connectivity index (χ0n) is 12.7. The Bertz CT molecular complexity index is 1010. The molecule has 0 atom stereocenters. The van der Waals surface area contributed by atoms with Crippen LogP contribution in [0.3, 0.4) is 0 Å². The van der Waals surface area contributed by atoms with E-state index in [0.717, 1.165) is 11.1 Å². The fraction of sp³-hybridized carbons (Fsp3) is 0.0556. The Kier molecular flexibility index (Phi) is 4.70. The number of nitriles is 1. The average molecular weight is 354 g/mol. The molecule has 3 aromatic rings. The Morgan fingerprint density at radius 2 is 1.79 bits per heavy atom. The molecule has 0 radical (unpaired) electrons. The first kappa shape index (κ1) is 16.3. The first-order valence-corrected chi connectivity index (χ1v) is 8.67. The molecule has 118 valence electrons. The summed E-state index contributed by atoms with van der Waals surface area (Å²) in [4.78, 5) is 19.1. The van der Waals surface area contributed by atoms with Gasteiger partial charge in [0.25, 0.3) is 5.56 Å². The molecule has 0 bridgehead atoms. The van der Waals surface area contributed by atoms with Gasteiger partial charge in [0.05, 0.1) is 5.69 Å². The highest BCUT2D eigenvalue weighted by Gasteiger charge is 2.13. The molecule has 24 heavy (non-hydrogen) atoms. The lowest BCUT2D eigenvalue weighted by Gasteiger charge is -2.08. The van der Waals surface area contributed by atoms with Crippen molar-refractivity contribution in [3.63, 3.8) is 0 Å². The van der Waals surface area contributed by atoms with Gasteiger partial charge in [0.1, 0.15) is 11.6 Å². The van der Waals surface area contributed by atoms with E-state index >= 15 is 0 Å². The standard InChI is InChI=1S/C18H12ClN3OS/c1-24-18-21-16(15(10-20)17(23)22-18)13-6-2-4-11(8-13)12-5-3-7-14(19)9-12/h2-9H,1H3,(H,21,22,23). The second kappa shape index (κ2) is 6.91. The zero-order chi connectivity index (χ0) is 17.1. The van der Waals surface area contributed by atoms with E-state index in [-0.39, 0.29) is 5.56 Å². The summed E-state index contributed by atoms with van der Waals surface area (Å²) in [6.45, 7) is 0. The van der Waals surface area contributed by atoms with Crippen LogP contribution >= 0.6 is 23.4 Å². The molecule has 6 heteroatoms. The molecule has 0 aliphatic heterocycles. The predicted molar refractivity (Wildman–Crippen MR) is 97.2 cm³/mol. The van der Waals surface area contributed by atoms with Crippen LogP contribution in [0.25, 0.3) is 22.4 Å². The van der Waals surface area contributed by atoms with Gasteiger partial charge in [-0.3, -0.25) is 4.79 Å². The molecule has 2 aromatic carbocycles. The van der Waals surface area contributed by atoms with Crippen molar-refractivity contribution in [3.8, 4) is 28.5 Å². The van der Waals surface area contributed by atoms with Gasteiger partial charge in [-0.2, -0.15) is 5.26 Å². The van der Waals surface area contributed by atoms with Gasteiger partial charge in [-0.05, 0) is 35.6 Å². The van der Waals surface area contributed by atoms with Crippen LogP contribution in [0.1, 0.15) is 5.56 Å². The number of rotatable bonds is 3. The molecular formula is C18H12ClN3OS. The summed E-state index contributed by atoms with van der Waals surface area (Å²) < 4.78 is 0. The number of H-pyrrole nitrogens is 1. The number of halogens is 1. The summed E-state index contributed by atoms with van der Waals surface area (Å²) in [6.07, 6.45) is 1.82. The van der Waals surface area contributed by atoms with Crippen molar-refractivity contribution in [2.75, 3.05) is 6.26 Å². The lowest BCUT2D eigenvalue weighted by atomic mass is 10.0. The predicted octanol–water partition coefficient (Wildman–Crippen LogP) is 4.35. The Balaban J connectivity index is 2.18. The van der Waals surface area contributed by atoms with Gasteiger partial charge in [0.15, 0.2) is 5.16 Å². The van der Waals surface area contributed by atoms with E-state index in [0.29, 0.717) is 21.4 Å².